The van der Waals surface area contributed by atoms with Gasteiger partial charge in [-0.3, -0.25) is 0 Å². The zero-order valence-electron chi connectivity index (χ0n) is 21.3. The number of aliphatic hydroxyl groups is 2. The van der Waals surface area contributed by atoms with Crippen molar-refractivity contribution in [2.24, 2.45) is 0 Å². The lowest BCUT2D eigenvalue weighted by Gasteiger charge is -2.38. The molecule has 0 saturated heterocycles. The molecule has 0 radical (unpaired) electrons. The van der Waals surface area contributed by atoms with Crippen molar-refractivity contribution in [1.82, 2.24) is 0 Å². The van der Waals surface area contributed by atoms with E-state index < -0.39 is 79.5 Å². The number of hydrogen-bond donors (Lipinski definition) is 2. The molecule has 0 aliphatic rings. The van der Waals surface area contributed by atoms with E-state index in [-0.39, 0.29) is 11.5 Å². The summed E-state index contributed by atoms with van der Waals surface area (Å²) in [7, 11) is 0. The lowest BCUT2D eigenvalue weighted by Crippen LogP contribution is -2.54. The molecule has 0 bridgehead atoms. The van der Waals surface area contributed by atoms with Crippen LogP contribution in [0.1, 0.15) is 11.1 Å². The second-order valence-electron chi connectivity index (χ2n) is 8.39. The maximum Gasteiger partial charge on any atom is 0.411 e. The van der Waals surface area contributed by atoms with Crippen LogP contribution in [0.2, 0.25) is 0 Å². The normalized spacial score (nSPS) is 13.5. The van der Waals surface area contributed by atoms with Gasteiger partial charge in [-0.2, -0.15) is 26.3 Å². The molecule has 0 amide bonds. The number of halogens is 6. The van der Waals surface area contributed by atoms with E-state index in [1.54, 1.807) is 0 Å². The van der Waals surface area contributed by atoms with Gasteiger partial charge in [0.25, 0.3) is 0 Å². The number of benzene rings is 2. The van der Waals surface area contributed by atoms with E-state index in [1.807, 2.05) is 0 Å². The number of alkyl halides is 6. The van der Waals surface area contributed by atoms with E-state index in [0.717, 1.165) is 36.4 Å². The fourth-order valence-corrected chi connectivity index (χ4v) is 3.54. The van der Waals surface area contributed by atoms with Crippen LogP contribution in [0.25, 0.3) is 0 Å². The minimum Gasteiger partial charge on any atom is -0.491 e. The maximum atomic E-state index is 14.4. The molecular formula is C27H26F6O8. The molecule has 0 saturated carbocycles. The van der Waals surface area contributed by atoms with Gasteiger partial charge in [-0.05, 0) is 35.4 Å². The van der Waals surface area contributed by atoms with Gasteiger partial charge in [0.05, 0.1) is 0 Å². The number of carbonyl (C=O) groups excluding carboxylic acids is 2. The molecule has 2 aromatic rings. The zero-order chi connectivity index (χ0) is 30.8. The minimum atomic E-state index is -5.84. The predicted molar refractivity (Wildman–Crippen MR) is 131 cm³/mol. The number of carbonyl (C=O) groups is 2. The summed E-state index contributed by atoms with van der Waals surface area (Å²) in [6, 6.07) is 5.92. The lowest BCUT2D eigenvalue weighted by atomic mass is 9.73. The Balaban J connectivity index is 2.27. The van der Waals surface area contributed by atoms with Crippen LogP contribution >= 0.6 is 0 Å². The first-order valence-corrected chi connectivity index (χ1v) is 11.7. The topological polar surface area (TPSA) is 112 Å². The highest BCUT2D eigenvalue weighted by atomic mass is 19.4. The Kier molecular flexibility index (Phi) is 11.4. The number of aliphatic hydroxyl groups excluding tert-OH is 2. The van der Waals surface area contributed by atoms with Crippen molar-refractivity contribution in [2.75, 3.05) is 26.4 Å². The van der Waals surface area contributed by atoms with Gasteiger partial charge in [-0.15, -0.1) is 0 Å². The Morgan fingerprint density at radius 3 is 1.24 bits per heavy atom. The van der Waals surface area contributed by atoms with Gasteiger partial charge in [0.2, 0.25) is 5.41 Å². The summed E-state index contributed by atoms with van der Waals surface area (Å²) in [4.78, 5) is 22.0. The van der Waals surface area contributed by atoms with E-state index in [0.29, 0.717) is 24.3 Å². The molecule has 0 spiro atoms. The first kappa shape index (κ1) is 33.2. The molecule has 2 aromatic carbocycles. The third-order valence-electron chi connectivity index (χ3n) is 5.48. The average molecular weight is 592 g/mol. The van der Waals surface area contributed by atoms with Gasteiger partial charge in [-0.1, -0.05) is 37.4 Å². The first-order chi connectivity index (χ1) is 19.1. The zero-order valence-corrected chi connectivity index (χ0v) is 21.3. The molecule has 2 N–H and O–H groups in total. The summed E-state index contributed by atoms with van der Waals surface area (Å²) in [5.74, 6) is -1.93. The van der Waals surface area contributed by atoms with Gasteiger partial charge >= 0.3 is 24.3 Å². The quantitative estimate of drug-likeness (QED) is 0.192. The van der Waals surface area contributed by atoms with Crippen LogP contribution in [-0.2, 0) is 24.5 Å². The fourth-order valence-electron chi connectivity index (χ4n) is 3.54. The van der Waals surface area contributed by atoms with Crippen molar-refractivity contribution in [3.05, 3.63) is 85.0 Å². The van der Waals surface area contributed by atoms with Crippen molar-refractivity contribution < 1.29 is 65.1 Å². The Hall–Kier alpha value is -4.04. The predicted octanol–water partition coefficient (Wildman–Crippen LogP) is 4.04. The summed E-state index contributed by atoms with van der Waals surface area (Å²) in [5, 5.41) is 19.5. The largest absolute Gasteiger partial charge is 0.491 e. The van der Waals surface area contributed by atoms with Crippen LogP contribution in [0.5, 0.6) is 11.5 Å². The fraction of sp³-hybridized carbons (Fsp3) is 0.333. The summed E-state index contributed by atoms with van der Waals surface area (Å²) in [5.41, 5.74) is -6.75. The Bertz CT molecular complexity index is 1080. The number of esters is 2. The van der Waals surface area contributed by atoms with Gasteiger partial charge in [-0.25, -0.2) is 9.59 Å². The van der Waals surface area contributed by atoms with E-state index in [9.17, 15) is 46.1 Å². The van der Waals surface area contributed by atoms with E-state index in [1.165, 1.54) is 0 Å². The number of ether oxygens (including phenoxy) is 4. The summed E-state index contributed by atoms with van der Waals surface area (Å²) >= 11 is 0. The molecule has 0 aliphatic heterocycles. The summed E-state index contributed by atoms with van der Waals surface area (Å²) in [6.45, 7) is 4.44. The van der Waals surface area contributed by atoms with Crippen molar-refractivity contribution in [2.45, 2.75) is 30.0 Å². The third-order valence-corrected chi connectivity index (χ3v) is 5.48. The van der Waals surface area contributed by atoms with Crippen LogP contribution in [0.4, 0.5) is 26.3 Å². The molecule has 0 heterocycles. The van der Waals surface area contributed by atoms with Crippen LogP contribution in [-0.4, -0.2) is 73.1 Å². The van der Waals surface area contributed by atoms with Gasteiger partial charge in [0.15, 0.2) is 0 Å². The smallest absolute Gasteiger partial charge is 0.411 e. The van der Waals surface area contributed by atoms with Crippen LogP contribution in [0, 0.1) is 0 Å². The van der Waals surface area contributed by atoms with Crippen LogP contribution < -0.4 is 9.47 Å². The first-order valence-electron chi connectivity index (χ1n) is 11.7. The highest BCUT2D eigenvalue weighted by Gasteiger charge is 2.72. The Morgan fingerprint density at radius 2 is 0.976 bits per heavy atom. The van der Waals surface area contributed by atoms with Crippen molar-refractivity contribution in [3.63, 3.8) is 0 Å². The monoisotopic (exact) mass is 592 g/mol. The number of rotatable bonds is 14. The molecule has 0 aliphatic carbocycles. The molecule has 2 atom stereocenters. The highest BCUT2D eigenvalue weighted by molar-refractivity contribution is 5.81. The summed E-state index contributed by atoms with van der Waals surface area (Å²) in [6.07, 6.45) is -12.6. The molecule has 0 fully saturated rings. The second-order valence-corrected chi connectivity index (χ2v) is 8.39. The van der Waals surface area contributed by atoms with E-state index >= 15 is 0 Å². The summed E-state index contributed by atoms with van der Waals surface area (Å²) < 4.78 is 106. The van der Waals surface area contributed by atoms with Crippen molar-refractivity contribution >= 4 is 11.9 Å². The molecular weight excluding hydrogens is 566 g/mol. The van der Waals surface area contributed by atoms with Gasteiger partial charge in [0, 0.05) is 12.2 Å². The van der Waals surface area contributed by atoms with E-state index in [4.69, 9.17) is 9.47 Å². The van der Waals surface area contributed by atoms with E-state index in [2.05, 4.69) is 22.6 Å². The third kappa shape index (κ3) is 8.47. The van der Waals surface area contributed by atoms with Crippen molar-refractivity contribution in [1.29, 1.82) is 0 Å². The molecule has 0 aromatic heterocycles. The van der Waals surface area contributed by atoms with Crippen LogP contribution in [0.3, 0.4) is 0 Å². The Labute approximate surface area is 230 Å². The molecule has 8 nitrogen and oxygen atoms in total. The molecule has 2 rings (SSSR count). The SMILES string of the molecule is C=CC(=O)OCC(O)COc1ccc(C(c2ccc(OCC(O)COC(=O)C=C)cc2)(C(F)(F)F)C(F)(F)F)cc1. The van der Waals surface area contributed by atoms with Gasteiger partial charge in [0.1, 0.15) is 50.1 Å². The highest BCUT2D eigenvalue weighted by Crippen LogP contribution is 2.56. The number of hydrogen-bond acceptors (Lipinski definition) is 8. The Morgan fingerprint density at radius 1 is 0.659 bits per heavy atom. The van der Waals surface area contributed by atoms with Crippen molar-refractivity contribution in [3.8, 4) is 11.5 Å². The minimum absolute atomic E-state index is 0.151. The average Bonchev–Trinajstić information content (AvgIpc) is 2.92. The molecule has 14 heteroatoms. The lowest BCUT2D eigenvalue weighted by molar-refractivity contribution is -0.288. The molecule has 224 valence electrons. The van der Waals surface area contributed by atoms with Gasteiger partial charge < -0.3 is 29.2 Å². The van der Waals surface area contributed by atoms with Crippen LogP contribution in [0.15, 0.2) is 73.8 Å². The molecule has 41 heavy (non-hydrogen) atoms. The standard InChI is InChI=1S/C27H26F6O8/c1-3-23(36)40-15-19(34)13-38-21-9-5-17(6-10-21)25(26(28,29)30,27(31,32)33)18-7-11-22(12-8-18)39-14-20(35)16-41-24(37)4-2/h3-12,19-20,34-35H,1-2,13-16H2. The maximum absolute atomic E-state index is 14.4. The second kappa shape index (κ2) is 14.0. The molecule has 2 unspecified atom stereocenters.